The van der Waals surface area contributed by atoms with Crippen molar-refractivity contribution < 1.29 is 23.8 Å². The molecule has 0 aliphatic carbocycles. The Morgan fingerprint density at radius 3 is 2.84 bits per heavy atom. The molecule has 0 saturated heterocycles. The first-order valence-corrected chi connectivity index (χ1v) is 10.6. The monoisotopic (exact) mass is 456 g/mol. The maximum absolute atomic E-state index is 12.4. The number of ether oxygens (including phenoxy) is 3. The van der Waals surface area contributed by atoms with E-state index in [9.17, 15) is 9.59 Å². The van der Waals surface area contributed by atoms with E-state index in [0.717, 1.165) is 28.9 Å². The second-order valence-corrected chi connectivity index (χ2v) is 7.51. The van der Waals surface area contributed by atoms with Crippen LogP contribution in [0.1, 0.15) is 28.7 Å². The lowest BCUT2D eigenvalue weighted by Gasteiger charge is -2.16. The number of amides is 2. The summed E-state index contributed by atoms with van der Waals surface area (Å²) >= 11 is 0.905. The van der Waals surface area contributed by atoms with Gasteiger partial charge < -0.3 is 14.2 Å². The van der Waals surface area contributed by atoms with Gasteiger partial charge in [0.2, 0.25) is 10.1 Å². The van der Waals surface area contributed by atoms with Crippen molar-refractivity contribution in [3.63, 3.8) is 0 Å². The first-order valence-electron chi connectivity index (χ1n) is 9.78. The zero-order valence-electron chi connectivity index (χ0n) is 17.4. The molecule has 1 aromatic carbocycles. The summed E-state index contributed by atoms with van der Waals surface area (Å²) in [6, 6.07) is 3.17. The number of benzene rings is 1. The van der Waals surface area contributed by atoms with Gasteiger partial charge in [0.15, 0.2) is 5.82 Å². The molecule has 0 bridgehead atoms. The molecule has 2 N–H and O–H groups in total. The van der Waals surface area contributed by atoms with E-state index in [2.05, 4.69) is 30.8 Å². The maximum Gasteiger partial charge on any atom is 0.369 e. The number of hydrogen-bond acceptors (Lipinski definition) is 10. The zero-order chi connectivity index (χ0) is 22.5. The molecule has 2 aromatic heterocycles. The molecule has 0 unspecified atom stereocenters. The van der Waals surface area contributed by atoms with Crippen LogP contribution in [0, 0.1) is 0 Å². The Balaban J connectivity index is 1.54. The van der Waals surface area contributed by atoms with E-state index in [1.165, 1.54) is 6.20 Å². The summed E-state index contributed by atoms with van der Waals surface area (Å²) in [5.74, 6) is 0.166. The standard InChI is InChI=1S/C20H20N6O5S/c1-3-31-18(27)17-25-26-20(32-17)24-19(28)23-14-10-21-15-12(11-6-8-30-9-7-11)4-5-13(29-2)16(15)22-14/h4-6,10H,3,7-9H2,1-2H3,(H2,22,23,24,26,28). The van der Waals surface area contributed by atoms with Crippen LogP contribution in [-0.2, 0) is 9.47 Å². The third-order valence-corrected chi connectivity index (χ3v) is 5.35. The van der Waals surface area contributed by atoms with Crippen molar-refractivity contribution in [1.29, 1.82) is 0 Å². The largest absolute Gasteiger partial charge is 0.494 e. The molecule has 0 radical (unpaired) electrons. The number of methoxy groups -OCH3 is 1. The lowest BCUT2D eigenvalue weighted by atomic mass is 9.99. The fourth-order valence-electron chi connectivity index (χ4n) is 3.12. The molecule has 0 spiro atoms. The minimum Gasteiger partial charge on any atom is -0.494 e. The molecule has 3 aromatic rings. The molecule has 4 rings (SSSR count). The number of nitrogens with one attached hydrogen (secondary N) is 2. The van der Waals surface area contributed by atoms with Crippen molar-refractivity contribution in [3.8, 4) is 5.75 Å². The van der Waals surface area contributed by atoms with Crippen molar-refractivity contribution >= 4 is 50.9 Å². The predicted molar refractivity (Wildman–Crippen MR) is 118 cm³/mol. The lowest BCUT2D eigenvalue weighted by molar-refractivity contribution is 0.0525. The van der Waals surface area contributed by atoms with Gasteiger partial charge in [-0.3, -0.25) is 10.6 Å². The fourth-order valence-corrected chi connectivity index (χ4v) is 3.76. The number of nitrogens with zero attached hydrogens (tertiary/aromatic N) is 4. The van der Waals surface area contributed by atoms with Crippen LogP contribution in [0.2, 0.25) is 0 Å². The fraction of sp³-hybridized carbons (Fsp3) is 0.300. The van der Waals surface area contributed by atoms with Crippen LogP contribution in [0.3, 0.4) is 0 Å². The van der Waals surface area contributed by atoms with Crippen LogP contribution in [0.5, 0.6) is 5.75 Å². The molecule has 11 nitrogen and oxygen atoms in total. The molecule has 1 aliphatic rings. The normalized spacial score (nSPS) is 13.4. The third-order valence-electron chi connectivity index (χ3n) is 4.53. The van der Waals surface area contributed by atoms with Crippen molar-refractivity contribution in [2.45, 2.75) is 13.3 Å². The van der Waals surface area contributed by atoms with E-state index in [1.54, 1.807) is 14.0 Å². The molecule has 32 heavy (non-hydrogen) atoms. The highest BCUT2D eigenvalue weighted by Gasteiger charge is 2.18. The molecule has 1 aliphatic heterocycles. The molecule has 2 amide bonds. The molecular weight excluding hydrogens is 436 g/mol. The van der Waals surface area contributed by atoms with E-state index in [4.69, 9.17) is 14.2 Å². The Bertz CT molecular complexity index is 1190. The Labute approximate surface area is 186 Å². The van der Waals surface area contributed by atoms with Crippen molar-refractivity contribution in [2.24, 2.45) is 0 Å². The van der Waals surface area contributed by atoms with Crippen molar-refractivity contribution in [3.05, 3.63) is 35.0 Å². The van der Waals surface area contributed by atoms with Gasteiger partial charge in [-0.1, -0.05) is 17.4 Å². The average molecular weight is 456 g/mol. The minimum atomic E-state index is -0.604. The average Bonchev–Trinajstić information content (AvgIpc) is 3.27. The van der Waals surface area contributed by atoms with E-state index in [1.807, 2.05) is 18.2 Å². The number of fused-ring (bicyclic) bond motifs is 1. The van der Waals surface area contributed by atoms with Crippen LogP contribution in [0.25, 0.3) is 16.6 Å². The highest BCUT2D eigenvalue weighted by atomic mass is 32.1. The molecular formula is C20H20N6O5S. The quantitative estimate of drug-likeness (QED) is 0.536. The first kappa shape index (κ1) is 21.6. The number of rotatable bonds is 6. The molecule has 12 heteroatoms. The second kappa shape index (κ2) is 9.66. The van der Waals surface area contributed by atoms with Gasteiger partial charge in [0.1, 0.15) is 16.8 Å². The van der Waals surface area contributed by atoms with E-state index in [-0.39, 0.29) is 22.6 Å². The van der Waals surface area contributed by atoms with Gasteiger partial charge in [0.05, 0.1) is 33.1 Å². The Kier molecular flexibility index (Phi) is 6.52. The predicted octanol–water partition coefficient (Wildman–Crippen LogP) is 3.11. The van der Waals surface area contributed by atoms with Gasteiger partial charge in [0.25, 0.3) is 0 Å². The summed E-state index contributed by atoms with van der Waals surface area (Å²) < 4.78 is 15.7. The number of esters is 1. The summed E-state index contributed by atoms with van der Waals surface area (Å²) in [4.78, 5) is 33.1. The van der Waals surface area contributed by atoms with Crippen molar-refractivity contribution in [1.82, 2.24) is 20.2 Å². The Morgan fingerprint density at radius 2 is 2.09 bits per heavy atom. The summed E-state index contributed by atoms with van der Waals surface area (Å²) in [6.45, 7) is 3.11. The smallest absolute Gasteiger partial charge is 0.369 e. The lowest BCUT2D eigenvalue weighted by Crippen LogP contribution is -2.20. The molecule has 0 fully saturated rings. The Hall–Kier alpha value is -3.64. The minimum absolute atomic E-state index is 0.0485. The highest BCUT2D eigenvalue weighted by molar-refractivity contribution is 7.17. The number of carbonyl (C=O) groups is 2. The number of urea groups is 1. The van der Waals surface area contributed by atoms with E-state index >= 15 is 0 Å². The van der Waals surface area contributed by atoms with Crippen molar-refractivity contribution in [2.75, 3.05) is 37.6 Å². The number of hydrogen-bond donors (Lipinski definition) is 2. The van der Waals surface area contributed by atoms with E-state index in [0.29, 0.717) is 30.0 Å². The molecule has 0 saturated carbocycles. The molecule has 3 heterocycles. The SMILES string of the molecule is CCOC(=O)c1nnc(NC(=O)Nc2cnc3c(C4=CCOCC4)ccc(OC)c3n2)s1. The van der Waals surface area contributed by atoms with Gasteiger partial charge in [0, 0.05) is 5.56 Å². The zero-order valence-corrected chi connectivity index (χ0v) is 18.2. The third kappa shape index (κ3) is 4.65. The molecule has 0 atom stereocenters. The van der Waals surface area contributed by atoms with Gasteiger partial charge >= 0.3 is 12.0 Å². The van der Waals surface area contributed by atoms with Gasteiger partial charge in [-0.2, -0.15) is 0 Å². The van der Waals surface area contributed by atoms with E-state index < -0.39 is 12.0 Å². The van der Waals surface area contributed by atoms with Gasteiger partial charge in [-0.15, -0.1) is 10.2 Å². The Morgan fingerprint density at radius 1 is 1.22 bits per heavy atom. The van der Waals surface area contributed by atoms with Gasteiger partial charge in [-0.05, 0) is 31.1 Å². The van der Waals surface area contributed by atoms with Crippen LogP contribution < -0.4 is 15.4 Å². The summed E-state index contributed by atoms with van der Waals surface area (Å²) in [6.07, 6.45) is 4.27. The maximum atomic E-state index is 12.4. The molecule has 166 valence electrons. The highest BCUT2D eigenvalue weighted by Crippen LogP contribution is 2.32. The van der Waals surface area contributed by atoms with Crippen LogP contribution in [0.4, 0.5) is 15.7 Å². The number of aromatic nitrogens is 4. The topological polar surface area (TPSA) is 137 Å². The van der Waals surface area contributed by atoms with Crippen LogP contribution in [-0.4, -0.2) is 59.1 Å². The number of carbonyl (C=O) groups excluding carboxylic acids is 2. The van der Waals surface area contributed by atoms with Gasteiger partial charge in [-0.25, -0.2) is 19.6 Å². The van der Waals surface area contributed by atoms with Crippen LogP contribution >= 0.6 is 11.3 Å². The summed E-state index contributed by atoms with van der Waals surface area (Å²) in [5, 5.41) is 12.8. The summed E-state index contributed by atoms with van der Waals surface area (Å²) in [5.41, 5.74) is 3.28. The summed E-state index contributed by atoms with van der Waals surface area (Å²) in [7, 11) is 1.55. The second-order valence-electron chi connectivity index (χ2n) is 6.53. The number of anilines is 2. The first-order chi connectivity index (χ1) is 15.6. The van der Waals surface area contributed by atoms with Crippen LogP contribution in [0.15, 0.2) is 24.4 Å².